The molecule has 0 aliphatic carbocycles. The van der Waals surface area contributed by atoms with Crippen LogP contribution in [0, 0.1) is 0 Å². The van der Waals surface area contributed by atoms with E-state index in [0.717, 1.165) is 5.69 Å². The summed E-state index contributed by atoms with van der Waals surface area (Å²) in [7, 11) is 0. The van der Waals surface area contributed by atoms with Crippen LogP contribution in [0.5, 0.6) is 0 Å². The Hall–Kier alpha value is -0.450. The number of thiophene rings is 1. The smallest absolute Gasteiger partial charge is 0.181 e. The summed E-state index contributed by atoms with van der Waals surface area (Å²) in [6.07, 6.45) is 0. The number of hydrogen-bond donors (Lipinski definition) is 0. The van der Waals surface area contributed by atoms with Crippen molar-refractivity contribution in [2.75, 3.05) is 0 Å². The molecule has 11 heavy (non-hydrogen) atoms. The molecule has 0 spiro atoms. The molecule has 55 valence electrons. The first-order valence-corrected chi connectivity index (χ1v) is 5.19. The molecule has 2 heterocycles. The lowest BCUT2D eigenvalue weighted by Crippen LogP contribution is -1.68. The number of hydrogen-bond acceptors (Lipinski definition) is 3. The predicted molar refractivity (Wildman–Crippen MR) is 51.3 cm³/mol. The highest BCUT2D eigenvalue weighted by Crippen LogP contribution is 2.26. The minimum absolute atomic E-state index is 0.716. The number of thiazole rings is 1. The topological polar surface area (TPSA) is 12.9 Å². The van der Waals surface area contributed by atoms with Crippen LogP contribution in [0.15, 0.2) is 27.2 Å². The molecular weight excluding hydrogens is 194 g/mol. The molecule has 0 unspecified atom stereocenters. The van der Waals surface area contributed by atoms with Crippen molar-refractivity contribution in [3.63, 3.8) is 0 Å². The van der Waals surface area contributed by atoms with Gasteiger partial charge in [0.2, 0.25) is 0 Å². The van der Waals surface area contributed by atoms with Gasteiger partial charge in [0.1, 0.15) is 0 Å². The lowest BCUT2D eigenvalue weighted by atomic mass is 10.4. The average molecular weight is 198 g/mol. The van der Waals surface area contributed by atoms with Gasteiger partial charge in [0.25, 0.3) is 0 Å². The zero-order valence-electron chi connectivity index (χ0n) is 5.48. The summed E-state index contributed by atoms with van der Waals surface area (Å²) in [4.78, 5) is 5.39. The molecule has 2 aromatic heterocycles. The maximum atomic E-state index is 4.92. The summed E-state index contributed by atoms with van der Waals surface area (Å²) in [5.41, 5.74) is 1.01. The van der Waals surface area contributed by atoms with E-state index >= 15 is 0 Å². The second kappa shape index (κ2) is 2.89. The van der Waals surface area contributed by atoms with E-state index in [-0.39, 0.29) is 0 Å². The van der Waals surface area contributed by atoms with Crippen molar-refractivity contribution in [1.82, 2.24) is 4.98 Å². The predicted octanol–water partition coefficient (Wildman–Crippen LogP) is 3.43. The molecule has 0 saturated heterocycles. The Morgan fingerprint density at radius 3 is 2.82 bits per heavy atom. The van der Waals surface area contributed by atoms with Crippen molar-refractivity contribution in [2.45, 2.75) is 4.34 Å². The molecule has 1 nitrogen and oxygen atoms in total. The van der Waals surface area contributed by atoms with Gasteiger partial charge in [0.05, 0.1) is 10.6 Å². The molecule has 0 aliphatic rings. The largest absolute Gasteiger partial charge is 0.225 e. The van der Waals surface area contributed by atoms with Crippen LogP contribution in [0.4, 0.5) is 0 Å². The highest BCUT2D eigenvalue weighted by atomic mass is 32.2. The lowest BCUT2D eigenvalue weighted by molar-refractivity contribution is 1.27. The van der Waals surface area contributed by atoms with E-state index in [1.165, 1.54) is 16.2 Å². The minimum Gasteiger partial charge on any atom is -0.225 e. The third-order valence-corrected chi connectivity index (χ3v) is 3.16. The molecule has 0 fully saturated rings. The first-order chi connectivity index (χ1) is 5.36. The van der Waals surface area contributed by atoms with Crippen molar-refractivity contribution < 1.29 is 0 Å². The standard InChI is InChI=1S/C7H4NS3/c9-7-8-5(4-11-7)6-2-1-3-10-6/h1-4H. The summed E-state index contributed by atoms with van der Waals surface area (Å²) in [5, 5.41) is 4.03. The maximum Gasteiger partial charge on any atom is 0.181 e. The Morgan fingerprint density at radius 2 is 2.27 bits per heavy atom. The Balaban J connectivity index is 2.45. The minimum atomic E-state index is 0.716. The third-order valence-electron chi connectivity index (χ3n) is 1.26. The fraction of sp³-hybridized carbons (Fsp3) is 0. The number of aromatic nitrogens is 1. The van der Waals surface area contributed by atoms with Gasteiger partial charge in [-0.15, -0.1) is 22.7 Å². The van der Waals surface area contributed by atoms with Gasteiger partial charge in [-0.3, -0.25) is 0 Å². The van der Waals surface area contributed by atoms with Gasteiger partial charge in [-0.2, -0.15) is 0 Å². The van der Waals surface area contributed by atoms with Crippen LogP contribution in [0.3, 0.4) is 0 Å². The first kappa shape index (κ1) is 7.21. The summed E-state index contributed by atoms with van der Waals surface area (Å²) < 4.78 is 0.716. The van der Waals surface area contributed by atoms with Crippen LogP contribution < -0.4 is 0 Å². The van der Waals surface area contributed by atoms with E-state index in [4.69, 9.17) is 12.6 Å². The molecule has 0 N–H and O–H groups in total. The van der Waals surface area contributed by atoms with Gasteiger partial charge < -0.3 is 0 Å². The third kappa shape index (κ3) is 1.42. The summed E-state index contributed by atoms with van der Waals surface area (Å²) in [6, 6.07) is 4.07. The molecule has 0 saturated carbocycles. The Labute approximate surface area is 78.1 Å². The van der Waals surface area contributed by atoms with E-state index in [1.807, 2.05) is 16.8 Å². The summed E-state index contributed by atoms with van der Waals surface area (Å²) in [6.45, 7) is 0. The second-order valence-corrected chi connectivity index (χ2v) is 4.43. The molecule has 0 amide bonds. The van der Waals surface area contributed by atoms with Gasteiger partial charge >= 0.3 is 0 Å². The Morgan fingerprint density at radius 1 is 1.36 bits per heavy atom. The number of rotatable bonds is 1. The second-order valence-electron chi connectivity index (χ2n) is 1.98. The van der Waals surface area contributed by atoms with Crippen LogP contribution in [-0.4, -0.2) is 4.98 Å². The molecule has 2 rings (SSSR count). The van der Waals surface area contributed by atoms with E-state index in [9.17, 15) is 0 Å². The van der Waals surface area contributed by atoms with Gasteiger partial charge in [-0.05, 0) is 24.1 Å². The van der Waals surface area contributed by atoms with Crippen molar-refractivity contribution >= 4 is 35.3 Å². The molecule has 0 atom stereocenters. The molecular formula is C7H4NS3. The monoisotopic (exact) mass is 198 g/mol. The highest BCUT2D eigenvalue weighted by Gasteiger charge is 2.01. The first-order valence-electron chi connectivity index (χ1n) is 3.03. The molecule has 0 aliphatic heterocycles. The molecule has 0 bridgehead atoms. The number of nitrogens with zero attached hydrogens (tertiary/aromatic N) is 1. The van der Waals surface area contributed by atoms with Crippen LogP contribution in [-0.2, 0) is 0 Å². The molecule has 1 radical (unpaired) electrons. The van der Waals surface area contributed by atoms with E-state index in [1.54, 1.807) is 11.3 Å². The molecule has 2 aromatic rings. The summed E-state index contributed by atoms with van der Waals surface area (Å²) >= 11 is 8.12. The zero-order valence-corrected chi connectivity index (χ0v) is 7.93. The van der Waals surface area contributed by atoms with Gasteiger partial charge in [0, 0.05) is 5.38 Å². The quantitative estimate of drug-likeness (QED) is 0.684. The van der Waals surface area contributed by atoms with Crippen molar-refractivity contribution in [1.29, 1.82) is 0 Å². The van der Waals surface area contributed by atoms with E-state index < -0.39 is 0 Å². The Kier molecular flexibility index (Phi) is 1.89. The van der Waals surface area contributed by atoms with Crippen LogP contribution in [0.25, 0.3) is 10.6 Å². The fourth-order valence-corrected chi connectivity index (χ4v) is 2.34. The van der Waals surface area contributed by atoms with Crippen molar-refractivity contribution in [3.05, 3.63) is 22.9 Å². The van der Waals surface area contributed by atoms with E-state index in [2.05, 4.69) is 11.1 Å². The zero-order chi connectivity index (χ0) is 7.68. The van der Waals surface area contributed by atoms with Gasteiger partial charge in [-0.25, -0.2) is 4.98 Å². The normalized spacial score (nSPS) is 10.2. The fourth-order valence-electron chi connectivity index (χ4n) is 0.795. The Bertz CT molecular complexity index is 336. The highest BCUT2D eigenvalue weighted by molar-refractivity contribution is 7.82. The molecule has 0 aromatic carbocycles. The van der Waals surface area contributed by atoms with Crippen molar-refractivity contribution in [2.24, 2.45) is 0 Å². The van der Waals surface area contributed by atoms with Crippen molar-refractivity contribution in [3.8, 4) is 10.6 Å². The molecule has 4 heteroatoms. The van der Waals surface area contributed by atoms with E-state index in [0.29, 0.717) is 4.34 Å². The maximum absolute atomic E-state index is 4.92. The van der Waals surface area contributed by atoms with Crippen LogP contribution in [0.2, 0.25) is 0 Å². The average Bonchev–Trinajstić information content (AvgIpc) is 2.55. The van der Waals surface area contributed by atoms with Gasteiger partial charge in [-0.1, -0.05) is 6.07 Å². The van der Waals surface area contributed by atoms with Crippen LogP contribution >= 0.6 is 35.3 Å². The lowest BCUT2D eigenvalue weighted by Gasteiger charge is -1.84. The SMILES string of the molecule is [S]c1nc(-c2cccs2)cs1. The summed E-state index contributed by atoms with van der Waals surface area (Å²) in [5.74, 6) is 0. The van der Waals surface area contributed by atoms with Gasteiger partial charge in [0.15, 0.2) is 4.34 Å². The van der Waals surface area contributed by atoms with Crippen LogP contribution in [0.1, 0.15) is 0 Å².